The van der Waals surface area contributed by atoms with Gasteiger partial charge < -0.3 is 0 Å². The summed E-state index contributed by atoms with van der Waals surface area (Å²) < 4.78 is 0. The van der Waals surface area contributed by atoms with Gasteiger partial charge in [0.1, 0.15) is 0 Å². The number of aliphatic imine (C=N–C) groups is 2. The van der Waals surface area contributed by atoms with E-state index < -0.39 is 0 Å². The third-order valence-electron chi connectivity index (χ3n) is 3.07. The summed E-state index contributed by atoms with van der Waals surface area (Å²) in [7, 11) is 0. The van der Waals surface area contributed by atoms with Gasteiger partial charge in [-0.3, -0.25) is 4.79 Å². The molecule has 0 bridgehead atoms. The number of hydrogen-bond donors (Lipinski definition) is 0. The molecular formula is C16H11ClN2O. The molecule has 20 heavy (non-hydrogen) atoms. The zero-order chi connectivity index (χ0) is 14.1. The molecule has 1 heterocycles. The van der Waals surface area contributed by atoms with Gasteiger partial charge in [-0.05, 0) is 25.2 Å². The van der Waals surface area contributed by atoms with E-state index in [0.29, 0.717) is 5.82 Å². The maximum atomic E-state index is 11.3. The van der Waals surface area contributed by atoms with Crippen molar-refractivity contribution in [2.75, 3.05) is 0 Å². The standard InChI is InChI=1S/C16H11ClN2O/c1-10-15(11-5-3-2-4-6-11)19-16(18-10)12-7-8-14(20)13(17)9-12/h2-9H,1H3/b16-12+. The lowest BCUT2D eigenvalue weighted by molar-refractivity contribution is -0.110. The van der Waals surface area contributed by atoms with E-state index in [1.54, 1.807) is 12.2 Å². The first-order valence-electron chi connectivity index (χ1n) is 6.19. The van der Waals surface area contributed by atoms with Gasteiger partial charge in [0.2, 0.25) is 0 Å². The van der Waals surface area contributed by atoms with E-state index in [9.17, 15) is 4.79 Å². The van der Waals surface area contributed by atoms with Crippen molar-refractivity contribution in [3.8, 4) is 0 Å². The van der Waals surface area contributed by atoms with Crippen LogP contribution in [0.3, 0.4) is 0 Å². The van der Waals surface area contributed by atoms with Crippen LogP contribution in [0.2, 0.25) is 0 Å². The summed E-state index contributed by atoms with van der Waals surface area (Å²) in [4.78, 5) is 20.3. The lowest BCUT2D eigenvalue weighted by Gasteiger charge is -2.03. The van der Waals surface area contributed by atoms with Crippen molar-refractivity contribution >= 4 is 28.8 Å². The van der Waals surface area contributed by atoms with Gasteiger partial charge in [0.05, 0.1) is 16.5 Å². The Morgan fingerprint density at radius 3 is 2.50 bits per heavy atom. The van der Waals surface area contributed by atoms with Crippen molar-refractivity contribution < 1.29 is 4.79 Å². The molecule has 1 aliphatic heterocycles. The average molecular weight is 283 g/mol. The molecule has 0 saturated carbocycles. The Morgan fingerprint density at radius 1 is 1.05 bits per heavy atom. The van der Waals surface area contributed by atoms with Crippen LogP contribution >= 0.6 is 11.6 Å². The molecular weight excluding hydrogens is 272 g/mol. The summed E-state index contributed by atoms with van der Waals surface area (Å²) in [5, 5.41) is 0.186. The molecule has 0 fully saturated rings. The third kappa shape index (κ3) is 2.28. The van der Waals surface area contributed by atoms with Crippen LogP contribution in [0.1, 0.15) is 12.5 Å². The Kier molecular flexibility index (Phi) is 3.20. The fraction of sp³-hybridized carbons (Fsp3) is 0.0625. The van der Waals surface area contributed by atoms with Gasteiger partial charge in [-0.15, -0.1) is 0 Å². The molecule has 3 nitrogen and oxygen atoms in total. The first-order chi connectivity index (χ1) is 9.65. The normalized spacial score (nSPS) is 21.7. The number of allylic oxidation sites excluding steroid dienone is 5. The lowest BCUT2D eigenvalue weighted by Crippen LogP contribution is -2.07. The van der Waals surface area contributed by atoms with Crippen molar-refractivity contribution in [1.82, 2.24) is 0 Å². The number of benzene rings is 1. The molecule has 0 atom stereocenters. The zero-order valence-corrected chi connectivity index (χ0v) is 11.6. The molecule has 0 N–H and O–H groups in total. The number of hydrogen-bond acceptors (Lipinski definition) is 3. The number of ketones is 1. The monoisotopic (exact) mass is 282 g/mol. The van der Waals surface area contributed by atoms with E-state index in [0.717, 1.165) is 22.6 Å². The maximum absolute atomic E-state index is 11.3. The molecule has 3 rings (SSSR count). The second-order valence-electron chi connectivity index (χ2n) is 4.49. The van der Waals surface area contributed by atoms with Crippen LogP contribution in [-0.4, -0.2) is 17.2 Å². The van der Waals surface area contributed by atoms with E-state index in [2.05, 4.69) is 9.98 Å². The zero-order valence-electron chi connectivity index (χ0n) is 10.8. The Labute approximate surface area is 121 Å². The fourth-order valence-electron chi connectivity index (χ4n) is 2.06. The van der Waals surface area contributed by atoms with Crippen LogP contribution in [0, 0.1) is 0 Å². The largest absolute Gasteiger partial charge is 0.288 e. The van der Waals surface area contributed by atoms with Gasteiger partial charge in [0.15, 0.2) is 11.6 Å². The van der Waals surface area contributed by atoms with E-state index in [4.69, 9.17) is 11.6 Å². The molecule has 4 heteroatoms. The van der Waals surface area contributed by atoms with Gasteiger partial charge in [-0.1, -0.05) is 41.9 Å². The van der Waals surface area contributed by atoms with Crippen molar-refractivity contribution in [3.05, 3.63) is 70.5 Å². The first-order valence-corrected chi connectivity index (χ1v) is 6.56. The molecule has 1 aromatic carbocycles. The summed E-state index contributed by atoms with van der Waals surface area (Å²) in [5.41, 5.74) is 3.48. The van der Waals surface area contributed by atoms with Gasteiger partial charge in [-0.25, -0.2) is 9.98 Å². The van der Waals surface area contributed by atoms with Crippen LogP contribution < -0.4 is 0 Å². The highest BCUT2D eigenvalue weighted by molar-refractivity contribution is 6.49. The summed E-state index contributed by atoms with van der Waals surface area (Å²) in [6, 6.07) is 9.88. The van der Waals surface area contributed by atoms with E-state index in [-0.39, 0.29) is 10.8 Å². The molecule has 2 aliphatic rings. The average Bonchev–Trinajstić information content (AvgIpc) is 2.85. The Hall–Kier alpha value is -2.26. The molecule has 0 amide bonds. The lowest BCUT2D eigenvalue weighted by atomic mass is 10.1. The summed E-state index contributed by atoms with van der Waals surface area (Å²) in [6.45, 7) is 1.92. The number of nitrogens with zero attached hydrogens (tertiary/aromatic N) is 2. The number of rotatable bonds is 1. The third-order valence-corrected chi connectivity index (χ3v) is 3.37. The van der Waals surface area contributed by atoms with Crippen molar-refractivity contribution in [1.29, 1.82) is 0 Å². The highest BCUT2D eigenvalue weighted by Gasteiger charge is 2.18. The van der Waals surface area contributed by atoms with Crippen LogP contribution in [0.25, 0.3) is 0 Å². The molecule has 1 aliphatic carbocycles. The second-order valence-corrected chi connectivity index (χ2v) is 4.90. The van der Waals surface area contributed by atoms with Crippen LogP contribution in [0.5, 0.6) is 0 Å². The van der Waals surface area contributed by atoms with Crippen LogP contribution in [0.4, 0.5) is 0 Å². The minimum absolute atomic E-state index is 0.186. The summed E-state index contributed by atoms with van der Waals surface area (Å²) >= 11 is 5.86. The van der Waals surface area contributed by atoms with Gasteiger partial charge in [0, 0.05) is 11.1 Å². The molecule has 0 unspecified atom stereocenters. The van der Waals surface area contributed by atoms with Crippen molar-refractivity contribution in [3.63, 3.8) is 0 Å². The Morgan fingerprint density at radius 2 is 1.80 bits per heavy atom. The highest BCUT2D eigenvalue weighted by Crippen LogP contribution is 2.24. The summed E-state index contributed by atoms with van der Waals surface area (Å²) in [5.74, 6) is 0.394. The van der Waals surface area contributed by atoms with E-state index in [1.807, 2.05) is 37.3 Å². The fourth-order valence-corrected chi connectivity index (χ4v) is 2.24. The number of halogens is 1. The topological polar surface area (TPSA) is 41.8 Å². The van der Waals surface area contributed by atoms with E-state index in [1.165, 1.54) is 6.08 Å². The smallest absolute Gasteiger partial charge is 0.197 e. The first kappa shape index (κ1) is 12.8. The van der Waals surface area contributed by atoms with Crippen LogP contribution in [0.15, 0.2) is 75.0 Å². The minimum atomic E-state index is -0.193. The number of carbonyl (C=O) groups is 1. The maximum Gasteiger partial charge on any atom is 0.197 e. The van der Waals surface area contributed by atoms with Crippen molar-refractivity contribution in [2.45, 2.75) is 6.92 Å². The summed E-state index contributed by atoms with van der Waals surface area (Å²) in [6.07, 6.45) is 4.73. The molecule has 98 valence electrons. The quantitative estimate of drug-likeness (QED) is 0.778. The molecule has 0 aromatic heterocycles. The molecule has 0 radical (unpaired) electrons. The van der Waals surface area contributed by atoms with E-state index >= 15 is 0 Å². The molecule has 0 saturated heterocycles. The Bertz CT molecular complexity index is 737. The van der Waals surface area contributed by atoms with Gasteiger partial charge in [0.25, 0.3) is 0 Å². The predicted molar refractivity (Wildman–Crippen MR) is 81.2 cm³/mol. The Balaban J connectivity index is 2.06. The van der Waals surface area contributed by atoms with Gasteiger partial charge in [-0.2, -0.15) is 0 Å². The van der Waals surface area contributed by atoms with Crippen molar-refractivity contribution in [2.24, 2.45) is 9.98 Å². The highest BCUT2D eigenvalue weighted by atomic mass is 35.5. The minimum Gasteiger partial charge on any atom is -0.288 e. The molecule has 1 aromatic rings. The van der Waals surface area contributed by atoms with Crippen LogP contribution in [-0.2, 0) is 4.79 Å². The SMILES string of the molecule is CC1=N/C(=C2/C=CC(=O)C(Cl)=C2)N=C1c1ccccc1. The number of carbonyl (C=O) groups excluding carboxylic acids is 1. The van der Waals surface area contributed by atoms with Gasteiger partial charge >= 0.3 is 0 Å². The molecule has 0 spiro atoms. The predicted octanol–water partition coefficient (Wildman–Crippen LogP) is 3.42. The second kappa shape index (κ2) is 5.02.